The summed E-state index contributed by atoms with van der Waals surface area (Å²) in [5.41, 5.74) is -0.727. The van der Waals surface area contributed by atoms with Gasteiger partial charge in [-0.3, -0.25) is 14.9 Å². The average molecular weight is 612 g/mol. The molecule has 0 fully saturated rings. The molecule has 2 aromatic rings. The molecule has 31 heavy (non-hydrogen) atoms. The molecular formula is C20H6Br3NO7-2. The van der Waals surface area contributed by atoms with E-state index in [2.05, 4.69) is 47.8 Å². The van der Waals surface area contributed by atoms with Crippen molar-refractivity contribution in [3.63, 3.8) is 0 Å². The lowest BCUT2D eigenvalue weighted by Crippen LogP contribution is -2.23. The van der Waals surface area contributed by atoms with Gasteiger partial charge in [-0.25, -0.2) is 0 Å². The van der Waals surface area contributed by atoms with Crippen LogP contribution in [-0.4, -0.2) is 10.9 Å². The second-order valence-corrected chi connectivity index (χ2v) is 8.80. The minimum atomic E-state index is -1.47. The van der Waals surface area contributed by atoms with E-state index in [-0.39, 0.29) is 46.8 Å². The number of benzene rings is 3. The van der Waals surface area contributed by atoms with E-state index in [9.17, 15) is 29.9 Å². The summed E-state index contributed by atoms with van der Waals surface area (Å²) in [5, 5.41) is 35.8. The van der Waals surface area contributed by atoms with Crippen LogP contribution in [0.2, 0.25) is 0 Å². The van der Waals surface area contributed by atoms with Gasteiger partial charge in [-0.1, -0.05) is 24.3 Å². The van der Waals surface area contributed by atoms with Crippen LogP contribution in [0.25, 0.3) is 33.4 Å². The maximum Gasteiger partial charge on any atom is 0.263 e. The molecule has 1 aliphatic carbocycles. The normalized spacial score (nSPS) is 11.2. The van der Waals surface area contributed by atoms with Crippen molar-refractivity contribution in [2.24, 2.45) is 0 Å². The SMILES string of the molecule is O=C([O-])c1ccccc1-c1c2cc(Br)c(=O)c(Br)c-2oc2c(Br)c([O-])c([N+](=O)[O-])cc12. The van der Waals surface area contributed by atoms with Crippen molar-refractivity contribution < 1.29 is 24.3 Å². The molecule has 11 heteroatoms. The number of hydrogen-bond donors (Lipinski definition) is 0. The van der Waals surface area contributed by atoms with E-state index < -0.39 is 27.8 Å². The third kappa shape index (κ3) is 3.33. The molecule has 0 saturated carbocycles. The van der Waals surface area contributed by atoms with Gasteiger partial charge in [-0.15, -0.1) is 0 Å². The number of aromatic carboxylic acids is 1. The fourth-order valence-electron chi connectivity index (χ4n) is 3.31. The summed E-state index contributed by atoms with van der Waals surface area (Å²) in [6.45, 7) is 0. The first-order chi connectivity index (χ1) is 14.6. The van der Waals surface area contributed by atoms with Gasteiger partial charge in [0.25, 0.3) is 5.69 Å². The van der Waals surface area contributed by atoms with Crippen LogP contribution in [-0.2, 0) is 0 Å². The summed E-state index contributed by atoms with van der Waals surface area (Å²) < 4.78 is 5.78. The van der Waals surface area contributed by atoms with Crippen LogP contribution in [0.5, 0.6) is 5.75 Å². The smallest absolute Gasteiger partial charge is 0.263 e. The van der Waals surface area contributed by atoms with E-state index in [1.54, 1.807) is 6.07 Å². The molecule has 0 saturated heterocycles. The zero-order valence-corrected chi connectivity index (χ0v) is 19.7. The van der Waals surface area contributed by atoms with Crippen molar-refractivity contribution in [2.75, 3.05) is 0 Å². The van der Waals surface area contributed by atoms with E-state index in [4.69, 9.17) is 4.42 Å². The predicted octanol–water partition coefficient (Wildman–Crippen LogP) is 4.20. The second kappa shape index (κ2) is 7.74. The van der Waals surface area contributed by atoms with Gasteiger partial charge in [0.2, 0.25) is 5.43 Å². The molecule has 0 bridgehead atoms. The predicted molar refractivity (Wildman–Crippen MR) is 118 cm³/mol. The summed E-state index contributed by atoms with van der Waals surface area (Å²) in [4.78, 5) is 34.8. The van der Waals surface area contributed by atoms with Crippen LogP contribution in [0.1, 0.15) is 10.4 Å². The minimum Gasteiger partial charge on any atom is -0.867 e. The Bertz CT molecular complexity index is 1460. The highest BCUT2D eigenvalue weighted by atomic mass is 79.9. The van der Waals surface area contributed by atoms with E-state index in [1.165, 1.54) is 24.3 Å². The van der Waals surface area contributed by atoms with Crippen molar-refractivity contribution in [2.45, 2.75) is 0 Å². The van der Waals surface area contributed by atoms with Gasteiger partial charge in [0, 0.05) is 28.1 Å². The lowest BCUT2D eigenvalue weighted by molar-refractivity contribution is -0.398. The molecule has 8 nitrogen and oxygen atoms in total. The second-order valence-electron chi connectivity index (χ2n) is 6.36. The lowest BCUT2D eigenvalue weighted by Gasteiger charge is -2.21. The Morgan fingerprint density at radius 2 is 1.71 bits per heavy atom. The molecule has 0 N–H and O–H groups in total. The quantitative estimate of drug-likeness (QED) is 0.192. The number of nitrogens with zero attached hydrogens (tertiary/aromatic N) is 1. The number of nitro groups is 1. The first-order valence-electron chi connectivity index (χ1n) is 8.36. The molecule has 0 spiro atoms. The molecule has 4 rings (SSSR count). The lowest BCUT2D eigenvalue weighted by atomic mass is 9.90. The average Bonchev–Trinajstić information content (AvgIpc) is 2.73. The van der Waals surface area contributed by atoms with Crippen LogP contribution in [0.15, 0.2) is 59.0 Å². The fraction of sp³-hybridized carbons (Fsp3) is 0. The number of carboxylic acids is 1. The van der Waals surface area contributed by atoms with Crippen LogP contribution in [0.3, 0.4) is 0 Å². The van der Waals surface area contributed by atoms with E-state index in [0.29, 0.717) is 5.56 Å². The molecule has 156 valence electrons. The molecule has 2 aliphatic rings. The zero-order valence-electron chi connectivity index (χ0n) is 14.9. The number of rotatable bonds is 3. The number of fused-ring (bicyclic) bond motifs is 2. The Morgan fingerprint density at radius 1 is 1.03 bits per heavy atom. The summed E-state index contributed by atoms with van der Waals surface area (Å²) in [5.74, 6) is -2.35. The first kappa shape index (κ1) is 21.5. The third-order valence-electron chi connectivity index (χ3n) is 4.64. The highest BCUT2D eigenvalue weighted by Gasteiger charge is 2.27. The molecule has 0 unspecified atom stereocenters. The maximum atomic E-state index is 12.5. The van der Waals surface area contributed by atoms with E-state index in [1.807, 2.05) is 0 Å². The summed E-state index contributed by atoms with van der Waals surface area (Å²) >= 11 is 9.41. The Morgan fingerprint density at radius 3 is 2.35 bits per heavy atom. The molecule has 0 amide bonds. The van der Waals surface area contributed by atoms with Crippen LogP contribution in [0, 0.1) is 10.1 Å². The number of nitro benzene ring substituents is 1. The van der Waals surface area contributed by atoms with Gasteiger partial charge in [0.1, 0.15) is 10.1 Å². The minimum absolute atomic E-state index is 0.0312. The maximum absolute atomic E-state index is 12.5. The summed E-state index contributed by atoms with van der Waals surface area (Å²) in [6.07, 6.45) is 0. The first-order valence-corrected chi connectivity index (χ1v) is 10.7. The van der Waals surface area contributed by atoms with Crippen LogP contribution in [0.4, 0.5) is 5.69 Å². The van der Waals surface area contributed by atoms with Gasteiger partial charge < -0.3 is 19.4 Å². The van der Waals surface area contributed by atoms with Crippen molar-refractivity contribution in [1.82, 2.24) is 0 Å². The standard InChI is InChI=1S/C20H8Br3NO7/c21-11-5-9-13(7-3-1-2-4-8(7)20(27)28)10-6-12(24(29)30)17(26)15(23)19(10)31-18(9)14(22)16(11)25/h1-6,26H,(H,27,28)/p-2. The van der Waals surface area contributed by atoms with Crippen molar-refractivity contribution in [1.29, 1.82) is 0 Å². The van der Waals surface area contributed by atoms with Gasteiger partial charge in [-0.05, 0) is 65.2 Å². The summed E-state index contributed by atoms with van der Waals surface area (Å²) in [7, 11) is 0. The van der Waals surface area contributed by atoms with Gasteiger partial charge in [0.15, 0.2) is 5.76 Å². The zero-order chi connectivity index (χ0) is 22.6. The molecule has 0 atom stereocenters. The molecule has 1 aliphatic heterocycles. The Hall–Kier alpha value is -2.76. The molecule has 1 heterocycles. The van der Waals surface area contributed by atoms with Crippen molar-refractivity contribution >= 4 is 70.4 Å². The Labute approximate surface area is 198 Å². The fourth-order valence-corrected chi connectivity index (χ4v) is 5.01. The van der Waals surface area contributed by atoms with Crippen molar-refractivity contribution in [3.05, 3.63) is 75.7 Å². The van der Waals surface area contributed by atoms with E-state index in [0.717, 1.165) is 6.07 Å². The monoisotopic (exact) mass is 609 g/mol. The van der Waals surface area contributed by atoms with E-state index >= 15 is 0 Å². The van der Waals surface area contributed by atoms with Gasteiger partial charge in [0.05, 0.1) is 19.8 Å². The van der Waals surface area contributed by atoms with Gasteiger partial charge >= 0.3 is 0 Å². The molecular weight excluding hydrogens is 606 g/mol. The largest absolute Gasteiger partial charge is 0.867 e. The molecule has 2 aromatic carbocycles. The van der Waals surface area contributed by atoms with Gasteiger partial charge in [-0.2, -0.15) is 0 Å². The van der Waals surface area contributed by atoms with Crippen LogP contribution >= 0.6 is 47.8 Å². The number of carbonyl (C=O) groups excluding carboxylic acids is 1. The number of carbonyl (C=O) groups is 1. The van der Waals surface area contributed by atoms with Crippen molar-refractivity contribution in [3.8, 4) is 28.2 Å². The third-order valence-corrected chi connectivity index (χ3v) is 6.67. The Balaban J connectivity index is 2.35. The molecule has 0 aromatic heterocycles. The number of carboxylic acid groups (broad SMARTS) is 1. The highest BCUT2D eigenvalue weighted by molar-refractivity contribution is 9.11. The highest BCUT2D eigenvalue weighted by Crippen LogP contribution is 2.49. The number of halogens is 3. The molecule has 0 radical (unpaired) electrons. The summed E-state index contributed by atoms with van der Waals surface area (Å²) in [6, 6.07) is 8.36. The number of hydrogen-bond acceptors (Lipinski definition) is 7. The topological polar surface area (TPSA) is 137 Å². The Kier molecular flexibility index (Phi) is 5.36. The van der Waals surface area contributed by atoms with Crippen LogP contribution < -0.4 is 15.6 Å².